The predicted octanol–water partition coefficient (Wildman–Crippen LogP) is 1.78. The van der Waals surface area contributed by atoms with E-state index in [-0.39, 0.29) is 5.82 Å². The van der Waals surface area contributed by atoms with Crippen LogP contribution in [0.25, 0.3) is 0 Å². The molecule has 21 heavy (non-hydrogen) atoms. The third-order valence-corrected chi connectivity index (χ3v) is 3.28. The molecule has 0 unspecified atom stereocenters. The topological polar surface area (TPSA) is 76.3 Å². The summed E-state index contributed by atoms with van der Waals surface area (Å²) in [5.41, 5.74) is 7.34. The summed E-state index contributed by atoms with van der Waals surface area (Å²) in [6.45, 7) is 2.81. The molecule has 1 aliphatic rings. The van der Waals surface area contributed by atoms with Crippen molar-refractivity contribution in [3.8, 4) is 0 Å². The van der Waals surface area contributed by atoms with Crippen LogP contribution in [0.4, 0.5) is 27.4 Å². The molecule has 1 aromatic carbocycles. The Hall–Kier alpha value is -2.41. The molecule has 110 valence electrons. The average Bonchev–Trinajstić information content (AvgIpc) is 2.52. The molecule has 1 fully saturated rings. The second-order valence-electron chi connectivity index (χ2n) is 4.69. The number of nitrogen functional groups attached to an aromatic ring is 1. The first-order chi connectivity index (χ1) is 10.2. The second kappa shape index (κ2) is 5.92. The van der Waals surface area contributed by atoms with Gasteiger partial charge in [0.2, 0.25) is 0 Å². The number of nitrogens with two attached hydrogens (primary N) is 1. The molecule has 3 rings (SSSR count). The summed E-state index contributed by atoms with van der Waals surface area (Å²) < 4.78 is 18.2. The molecule has 0 spiro atoms. The van der Waals surface area contributed by atoms with Gasteiger partial charge in [0.05, 0.1) is 13.2 Å². The first-order valence-corrected chi connectivity index (χ1v) is 6.70. The van der Waals surface area contributed by atoms with Crippen LogP contribution >= 0.6 is 0 Å². The van der Waals surface area contributed by atoms with Crippen molar-refractivity contribution < 1.29 is 9.13 Å². The van der Waals surface area contributed by atoms with Crippen LogP contribution in [-0.4, -0.2) is 36.3 Å². The number of halogens is 1. The van der Waals surface area contributed by atoms with E-state index in [1.807, 2.05) is 0 Å². The van der Waals surface area contributed by atoms with Gasteiger partial charge < -0.3 is 20.7 Å². The van der Waals surface area contributed by atoms with E-state index in [1.165, 1.54) is 18.5 Å². The summed E-state index contributed by atoms with van der Waals surface area (Å²) in [4.78, 5) is 10.5. The van der Waals surface area contributed by atoms with E-state index >= 15 is 0 Å². The van der Waals surface area contributed by atoms with Crippen molar-refractivity contribution in [2.45, 2.75) is 0 Å². The summed E-state index contributed by atoms with van der Waals surface area (Å²) >= 11 is 0. The van der Waals surface area contributed by atoms with Crippen LogP contribution < -0.4 is 16.0 Å². The second-order valence-corrected chi connectivity index (χ2v) is 4.69. The number of rotatable bonds is 3. The average molecular weight is 289 g/mol. The lowest BCUT2D eigenvalue weighted by Crippen LogP contribution is -2.37. The maximum Gasteiger partial charge on any atom is 0.159 e. The molecule has 0 radical (unpaired) electrons. The van der Waals surface area contributed by atoms with Crippen LogP contribution in [0.15, 0.2) is 30.6 Å². The Morgan fingerprint density at radius 3 is 2.57 bits per heavy atom. The normalized spacial score (nSPS) is 15.0. The molecular formula is C14H16FN5O. The molecule has 1 saturated heterocycles. The lowest BCUT2D eigenvalue weighted by Gasteiger charge is -2.28. The van der Waals surface area contributed by atoms with Crippen molar-refractivity contribution >= 4 is 23.0 Å². The molecule has 2 heterocycles. The van der Waals surface area contributed by atoms with Gasteiger partial charge in [-0.2, -0.15) is 0 Å². The Kier molecular flexibility index (Phi) is 3.83. The van der Waals surface area contributed by atoms with E-state index in [0.29, 0.717) is 30.5 Å². The van der Waals surface area contributed by atoms with Gasteiger partial charge >= 0.3 is 0 Å². The number of morpholine rings is 1. The van der Waals surface area contributed by atoms with E-state index in [0.717, 1.165) is 18.8 Å². The van der Waals surface area contributed by atoms with Crippen LogP contribution in [0, 0.1) is 5.82 Å². The Bertz CT molecular complexity index is 613. The van der Waals surface area contributed by atoms with Gasteiger partial charge in [0, 0.05) is 18.8 Å². The monoisotopic (exact) mass is 289 g/mol. The standard InChI is InChI=1S/C14H16FN5O/c15-10-1-3-11(4-2-10)19-13-12(16)14(18-9-17-13)20-5-7-21-8-6-20/h1-4,9H,5-8,16H2,(H,17,18,19). The molecule has 0 saturated carbocycles. The van der Waals surface area contributed by atoms with Gasteiger partial charge in [0.15, 0.2) is 11.6 Å². The van der Waals surface area contributed by atoms with Crippen molar-refractivity contribution in [3.05, 3.63) is 36.4 Å². The molecule has 0 amide bonds. The quantitative estimate of drug-likeness (QED) is 0.897. The van der Waals surface area contributed by atoms with E-state index in [4.69, 9.17) is 10.5 Å². The van der Waals surface area contributed by atoms with Gasteiger partial charge in [-0.15, -0.1) is 0 Å². The minimum absolute atomic E-state index is 0.287. The van der Waals surface area contributed by atoms with Crippen LogP contribution in [0.1, 0.15) is 0 Å². The molecule has 1 aliphatic heterocycles. The molecular weight excluding hydrogens is 273 g/mol. The Balaban J connectivity index is 1.84. The van der Waals surface area contributed by atoms with Crippen molar-refractivity contribution in [3.63, 3.8) is 0 Å². The van der Waals surface area contributed by atoms with Crippen LogP contribution in [0.2, 0.25) is 0 Å². The molecule has 7 heteroatoms. The molecule has 0 atom stereocenters. The number of hydrogen-bond acceptors (Lipinski definition) is 6. The molecule has 2 aromatic rings. The zero-order valence-corrected chi connectivity index (χ0v) is 11.4. The highest BCUT2D eigenvalue weighted by Gasteiger charge is 2.17. The summed E-state index contributed by atoms with van der Waals surface area (Å²) in [6, 6.07) is 6.02. The van der Waals surface area contributed by atoms with Gasteiger partial charge in [-0.25, -0.2) is 14.4 Å². The van der Waals surface area contributed by atoms with E-state index < -0.39 is 0 Å². The van der Waals surface area contributed by atoms with E-state index in [1.54, 1.807) is 12.1 Å². The first-order valence-electron chi connectivity index (χ1n) is 6.70. The van der Waals surface area contributed by atoms with Crippen LogP contribution in [-0.2, 0) is 4.74 Å². The van der Waals surface area contributed by atoms with E-state index in [2.05, 4.69) is 20.2 Å². The fraction of sp³-hybridized carbons (Fsp3) is 0.286. The van der Waals surface area contributed by atoms with Crippen LogP contribution in [0.3, 0.4) is 0 Å². The van der Waals surface area contributed by atoms with Crippen LogP contribution in [0.5, 0.6) is 0 Å². The lowest BCUT2D eigenvalue weighted by atomic mass is 10.3. The Morgan fingerprint density at radius 1 is 1.14 bits per heavy atom. The number of nitrogens with zero attached hydrogens (tertiary/aromatic N) is 3. The SMILES string of the molecule is Nc1c(Nc2ccc(F)cc2)ncnc1N1CCOCC1. The fourth-order valence-electron chi connectivity index (χ4n) is 2.18. The first kappa shape index (κ1) is 13.6. The third kappa shape index (κ3) is 3.03. The molecule has 0 aliphatic carbocycles. The number of anilines is 4. The third-order valence-electron chi connectivity index (χ3n) is 3.28. The highest BCUT2D eigenvalue weighted by Crippen LogP contribution is 2.28. The van der Waals surface area contributed by atoms with Gasteiger partial charge in [0.25, 0.3) is 0 Å². The smallest absolute Gasteiger partial charge is 0.159 e. The number of ether oxygens (including phenoxy) is 1. The summed E-state index contributed by atoms with van der Waals surface area (Å²) in [6.07, 6.45) is 1.47. The number of benzene rings is 1. The Morgan fingerprint density at radius 2 is 1.86 bits per heavy atom. The highest BCUT2D eigenvalue weighted by atomic mass is 19.1. The largest absolute Gasteiger partial charge is 0.393 e. The molecule has 0 bridgehead atoms. The molecule has 6 nitrogen and oxygen atoms in total. The molecule has 3 N–H and O–H groups in total. The maximum absolute atomic E-state index is 12.9. The van der Waals surface area contributed by atoms with Crippen molar-refractivity contribution in [1.82, 2.24) is 9.97 Å². The fourth-order valence-corrected chi connectivity index (χ4v) is 2.18. The van der Waals surface area contributed by atoms with Gasteiger partial charge in [-0.3, -0.25) is 0 Å². The lowest BCUT2D eigenvalue weighted by molar-refractivity contribution is 0.122. The Labute approximate surface area is 121 Å². The van der Waals surface area contributed by atoms with Gasteiger partial charge in [-0.05, 0) is 24.3 Å². The predicted molar refractivity (Wildman–Crippen MR) is 79.2 cm³/mol. The summed E-state index contributed by atoms with van der Waals surface area (Å²) in [5, 5.41) is 3.08. The summed E-state index contributed by atoms with van der Waals surface area (Å²) in [5.74, 6) is 0.918. The molecule has 1 aromatic heterocycles. The van der Waals surface area contributed by atoms with E-state index in [9.17, 15) is 4.39 Å². The minimum Gasteiger partial charge on any atom is -0.393 e. The van der Waals surface area contributed by atoms with Crippen molar-refractivity contribution in [1.29, 1.82) is 0 Å². The number of nitrogens with one attached hydrogen (secondary N) is 1. The zero-order chi connectivity index (χ0) is 14.7. The number of hydrogen-bond donors (Lipinski definition) is 2. The van der Waals surface area contributed by atoms with Gasteiger partial charge in [-0.1, -0.05) is 0 Å². The highest BCUT2D eigenvalue weighted by molar-refractivity contribution is 5.78. The van der Waals surface area contributed by atoms with Crippen molar-refractivity contribution in [2.75, 3.05) is 42.3 Å². The summed E-state index contributed by atoms with van der Waals surface area (Å²) in [7, 11) is 0. The number of aromatic nitrogens is 2. The van der Waals surface area contributed by atoms with Crippen molar-refractivity contribution in [2.24, 2.45) is 0 Å². The van der Waals surface area contributed by atoms with Gasteiger partial charge in [0.1, 0.15) is 17.8 Å². The zero-order valence-electron chi connectivity index (χ0n) is 11.4. The minimum atomic E-state index is -0.287. The maximum atomic E-state index is 12.9.